The third-order valence-corrected chi connectivity index (χ3v) is 10.5. The summed E-state index contributed by atoms with van der Waals surface area (Å²) in [5.41, 5.74) is -1.96. The number of carbonyl (C=O) groups excluding carboxylic acids is 1. The van der Waals surface area contributed by atoms with Crippen molar-refractivity contribution in [3.05, 3.63) is 131 Å². The van der Waals surface area contributed by atoms with Crippen molar-refractivity contribution in [3.63, 3.8) is 0 Å². The van der Waals surface area contributed by atoms with Crippen LogP contribution in [0.5, 0.6) is 0 Å². The van der Waals surface area contributed by atoms with E-state index in [1.165, 1.54) is 50.3 Å². The average molecular weight is 951 g/mol. The molecule has 0 spiro atoms. The average Bonchev–Trinajstić information content (AvgIpc) is 3.24. The van der Waals surface area contributed by atoms with Gasteiger partial charge in [0.25, 0.3) is 0 Å². The van der Waals surface area contributed by atoms with Gasteiger partial charge in [0, 0.05) is 0 Å². The van der Waals surface area contributed by atoms with Crippen molar-refractivity contribution >= 4 is 51.4 Å². The smallest absolute Gasteiger partial charge is 0.322 e. The van der Waals surface area contributed by atoms with E-state index < -0.39 is 73.6 Å². The highest BCUT2D eigenvalue weighted by molar-refractivity contribution is 7.92. The largest absolute Gasteiger partial charge is 0.498 e. The van der Waals surface area contributed by atoms with Crippen molar-refractivity contribution < 1.29 is 82.1 Å². The fourth-order valence-electron chi connectivity index (χ4n) is 3.80. The Labute approximate surface area is 389 Å². The van der Waals surface area contributed by atoms with Gasteiger partial charge in [0.15, 0.2) is 15.1 Å². The summed E-state index contributed by atoms with van der Waals surface area (Å²) < 4.78 is 33.9. The molecule has 1 rings (SSSR count). The number of Topliss-reactive ketones (excluding diaryl/α,β-unsaturated/α-hetero) is 1. The first-order valence-corrected chi connectivity index (χ1v) is 21.5. The van der Waals surface area contributed by atoms with Crippen molar-refractivity contribution in [2.75, 3.05) is 13.2 Å². The Morgan fingerprint density at radius 3 is 1.29 bits per heavy atom. The molecule has 5 atom stereocenters. The zero-order valence-corrected chi connectivity index (χ0v) is 40.0. The number of sulfone groups is 1. The lowest BCUT2D eigenvalue weighted by Crippen LogP contribution is -2.29. The zero-order valence-electron chi connectivity index (χ0n) is 39.1. The van der Waals surface area contributed by atoms with Crippen molar-refractivity contribution in [1.29, 1.82) is 0 Å². The molecule has 0 saturated heterocycles. The number of hydrogen-bond donors (Lipinski definition) is 6. The lowest BCUT2D eigenvalue weighted by atomic mass is 9.89. The summed E-state index contributed by atoms with van der Waals surface area (Å²) in [4.78, 5) is 73.3. The van der Waals surface area contributed by atoms with Crippen LogP contribution in [-0.4, -0.2) is 99.1 Å². The Hall–Kier alpha value is -6.82. The van der Waals surface area contributed by atoms with Crippen LogP contribution < -0.4 is 0 Å². The minimum absolute atomic E-state index is 0.0178. The Bertz CT molecular complexity index is 1900. The minimum atomic E-state index is -3.83. The van der Waals surface area contributed by atoms with E-state index in [4.69, 9.17) is 40.1 Å². The number of rotatable bonds is 25. The number of carbonyl (C=O) groups is 7. The molecule has 0 bridgehead atoms. The lowest BCUT2D eigenvalue weighted by molar-refractivity contribution is -0.146. The van der Waals surface area contributed by atoms with Gasteiger partial charge in [-0.1, -0.05) is 74.7 Å². The van der Waals surface area contributed by atoms with Crippen molar-refractivity contribution in [3.8, 4) is 0 Å². The van der Waals surface area contributed by atoms with E-state index >= 15 is 0 Å². The molecule has 0 fully saturated rings. The number of aliphatic carboxylic acids is 6. The molecule has 0 heterocycles. The topological polar surface area (TPSA) is 293 Å². The highest BCUT2D eigenvalue weighted by Gasteiger charge is 2.34. The van der Waals surface area contributed by atoms with E-state index in [9.17, 15) is 42.0 Å². The van der Waals surface area contributed by atoms with Crippen molar-refractivity contribution in [2.24, 2.45) is 28.6 Å². The number of ether oxygens (including phenoxy) is 2. The van der Waals surface area contributed by atoms with Gasteiger partial charge in [0.05, 0.1) is 29.4 Å². The molecule has 1 aromatic carbocycles. The van der Waals surface area contributed by atoms with Gasteiger partial charge >= 0.3 is 35.8 Å². The number of carboxylic acid groups (broad SMARTS) is 6. The highest BCUT2D eigenvalue weighted by Crippen LogP contribution is 2.28. The molecular formula is C48H70O17S. The van der Waals surface area contributed by atoms with Crippen molar-refractivity contribution in [2.45, 2.75) is 84.3 Å². The second kappa shape index (κ2) is 36.5. The summed E-state index contributed by atoms with van der Waals surface area (Å²) in [5, 5.41) is 50.0. The van der Waals surface area contributed by atoms with Gasteiger partial charge in [-0.05, 0) is 79.4 Å². The Morgan fingerprint density at radius 1 is 0.621 bits per heavy atom. The maximum absolute atomic E-state index is 11.9. The predicted molar refractivity (Wildman–Crippen MR) is 253 cm³/mol. The molecule has 1 aromatic rings. The summed E-state index contributed by atoms with van der Waals surface area (Å²) in [6.07, 6.45) is 9.62. The molecule has 66 heavy (non-hydrogen) atoms. The van der Waals surface area contributed by atoms with Gasteiger partial charge in [-0.15, -0.1) is 39.5 Å². The van der Waals surface area contributed by atoms with Crippen LogP contribution in [0.4, 0.5) is 0 Å². The van der Waals surface area contributed by atoms with Gasteiger partial charge in [0.1, 0.15) is 34.6 Å². The molecule has 0 saturated carbocycles. The van der Waals surface area contributed by atoms with E-state index in [2.05, 4.69) is 52.6 Å². The summed E-state index contributed by atoms with van der Waals surface area (Å²) in [6.45, 7) is 39.5. The Kier molecular flexibility index (Phi) is 37.8. The van der Waals surface area contributed by atoms with Crippen LogP contribution in [0.2, 0.25) is 0 Å². The third kappa shape index (κ3) is 28.8. The molecule has 0 aliphatic carbocycles. The molecule has 5 unspecified atom stereocenters. The SMILES string of the molecule is C=CC(C)(C(=C)OCC)C(=O)O.C=CC(C)(C)C(=O)O.C=CCC(C(=C)OCC)C(=O)O.C=CCC(C(=O)O)S(=O)(=O)c1ccccc1.C=CCC(C(C)=O)C(=O)O.C=CCC(C)C(=O)O. The van der Waals surface area contributed by atoms with Gasteiger partial charge in [-0.2, -0.15) is 0 Å². The molecule has 18 heteroatoms. The molecule has 17 nitrogen and oxygen atoms in total. The number of benzene rings is 1. The molecule has 0 radical (unpaired) electrons. The molecule has 0 aliphatic heterocycles. The van der Waals surface area contributed by atoms with Crippen LogP contribution in [0.3, 0.4) is 0 Å². The van der Waals surface area contributed by atoms with E-state index in [-0.39, 0.29) is 35.2 Å². The standard InChI is InChI=1S/C11H12O4S.2C9H14O3.C7H10O3.2C6H10O2/c1-2-6-10(11(12)13)16(14,15)9-7-4-3-5-8-9;1-5-9(4,8(10)11)7(3)12-6-2;1-4-6-8(9(10)11)7(3)12-5-2;1-3-4-6(5(2)8)7(9)10;1-4-6(2,3)5(7)8;1-3-4-5(2)6(7)8/h2-5,7-8,10H,1,6H2,(H,12,13);5H,1,3,6H2,2,4H3,(H,10,11);4,8H,1,3,5-6H2,2H3,(H,10,11);3,6H,1,4H2,2H3,(H,9,10);4H,1H2,2-3H3,(H,7,8);3,5H,1,4H2,2H3,(H,7,8). The summed E-state index contributed by atoms with van der Waals surface area (Å²) >= 11 is 0. The van der Waals surface area contributed by atoms with E-state index in [1.54, 1.807) is 65.0 Å². The second-order valence-electron chi connectivity index (χ2n) is 14.1. The summed E-state index contributed by atoms with van der Waals surface area (Å²) in [6, 6.07) is 7.55. The number of allylic oxidation sites excluding steroid dienone is 4. The minimum Gasteiger partial charge on any atom is -0.498 e. The first-order valence-electron chi connectivity index (χ1n) is 19.9. The number of ketones is 1. The van der Waals surface area contributed by atoms with E-state index in [0.717, 1.165) is 0 Å². The zero-order chi connectivity index (χ0) is 53.0. The summed E-state index contributed by atoms with van der Waals surface area (Å²) in [7, 11) is -3.83. The molecule has 0 aliphatic rings. The van der Waals surface area contributed by atoms with Crippen LogP contribution >= 0.6 is 0 Å². The predicted octanol–water partition coefficient (Wildman–Crippen LogP) is 8.54. The first kappa shape index (κ1) is 68.2. The van der Waals surface area contributed by atoms with Gasteiger partial charge < -0.3 is 40.1 Å². The maximum atomic E-state index is 11.9. The second-order valence-corrected chi connectivity index (χ2v) is 16.2. The molecule has 6 N–H and O–H groups in total. The Morgan fingerprint density at radius 2 is 1.05 bits per heavy atom. The van der Waals surface area contributed by atoms with Crippen LogP contribution in [0.1, 0.15) is 74.1 Å². The van der Waals surface area contributed by atoms with Crippen LogP contribution in [-0.2, 0) is 52.9 Å². The molecular weight excluding hydrogens is 881 g/mol. The summed E-state index contributed by atoms with van der Waals surface area (Å²) in [5.74, 6) is -7.63. The van der Waals surface area contributed by atoms with Gasteiger partial charge in [-0.25, -0.2) is 8.42 Å². The maximum Gasteiger partial charge on any atom is 0.322 e. The monoisotopic (exact) mass is 950 g/mol. The van der Waals surface area contributed by atoms with Gasteiger partial charge in [-0.3, -0.25) is 33.6 Å². The number of carboxylic acids is 6. The quantitative estimate of drug-likeness (QED) is 0.0304. The lowest BCUT2D eigenvalue weighted by Gasteiger charge is -2.22. The highest BCUT2D eigenvalue weighted by atomic mass is 32.2. The van der Waals surface area contributed by atoms with Gasteiger partial charge in [0.2, 0.25) is 0 Å². The third-order valence-electron chi connectivity index (χ3n) is 8.47. The first-order chi connectivity index (χ1) is 30.4. The Balaban J connectivity index is -0.000000230. The fraction of sp³-hybridized carbons (Fsp3) is 0.396. The van der Waals surface area contributed by atoms with E-state index in [1.807, 2.05) is 0 Å². The van der Waals surface area contributed by atoms with Crippen LogP contribution in [0.25, 0.3) is 0 Å². The fourth-order valence-corrected chi connectivity index (χ4v) is 5.32. The number of hydrogen-bond acceptors (Lipinski definition) is 11. The van der Waals surface area contributed by atoms with E-state index in [0.29, 0.717) is 31.8 Å². The molecule has 370 valence electrons. The van der Waals surface area contributed by atoms with Crippen molar-refractivity contribution in [1.82, 2.24) is 0 Å². The van der Waals surface area contributed by atoms with Crippen LogP contribution in [0.15, 0.2) is 136 Å². The van der Waals surface area contributed by atoms with Crippen LogP contribution in [0, 0.1) is 28.6 Å². The molecule has 0 amide bonds. The normalized spacial score (nSPS) is 12.6. The molecule has 0 aromatic heterocycles.